The van der Waals surface area contributed by atoms with Crippen LogP contribution in [0.3, 0.4) is 0 Å². The maximum atomic E-state index is 14.4. The lowest BCUT2D eigenvalue weighted by Crippen LogP contribution is -2.48. The average Bonchev–Trinajstić information content (AvgIpc) is 2.65. The van der Waals surface area contributed by atoms with Gasteiger partial charge in [-0.1, -0.05) is 48.5 Å². The highest BCUT2D eigenvalue weighted by Crippen LogP contribution is 2.33. The molecule has 2 aromatic rings. The highest BCUT2D eigenvalue weighted by Gasteiger charge is 2.37. The second kappa shape index (κ2) is 8.25. The average molecular weight is 382 g/mol. The van der Waals surface area contributed by atoms with E-state index in [0.717, 1.165) is 5.56 Å². The first-order valence-corrected chi connectivity index (χ1v) is 9.16. The molecule has 1 aliphatic heterocycles. The first-order chi connectivity index (χ1) is 13.4. The summed E-state index contributed by atoms with van der Waals surface area (Å²) in [7, 11) is 0. The summed E-state index contributed by atoms with van der Waals surface area (Å²) < 4.78 is 19.8. The molecule has 0 radical (unpaired) electrons. The van der Waals surface area contributed by atoms with Crippen molar-refractivity contribution < 1.29 is 18.7 Å². The number of nitrogens with one attached hydrogen (secondary N) is 1. The highest BCUT2D eigenvalue weighted by molar-refractivity contribution is 5.95. The summed E-state index contributed by atoms with van der Waals surface area (Å²) >= 11 is 0. The van der Waals surface area contributed by atoms with Gasteiger partial charge < -0.3 is 10.1 Å². The molecule has 146 valence electrons. The van der Waals surface area contributed by atoms with Crippen LogP contribution in [0.5, 0.6) is 0 Å². The zero-order valence-electron chi connectivity index (χ0n) is 16.1. The van der Waals surface area contributed by atoms with Crippen molar-refractivity contribution in [3.63, 3.8) is 0 Å². The van der Waals surface area contributed by atoms with Crippen LogP contribution in [-0.4, -0.2) is 23.0 Å². The number of ether oxygens (including phenoxy) is 1. The third-order valence-corrected chi connectivity index (χ3v) is 4.56. The van der Waals surface area contributed by atoms with Gasteiger partial charge in [-0.05, 0) is 32.4 Å². The Morgan fingerprint density at radius 2 is 1.79 bits per heavy atom. The van der Waals surface area contributed by atoms with E-state index in [4.69, 9.17) is 4.74 Å². The molecule has 6 heteroatoms. The van der Waals surface area contributed by atoms with Crippen LogP contribution < -0.4 is 5.32 Å². The van der Waals surface area contributed by atoms with E-state index in [2.05, 4.69) is 5.32 Å². The number of hydrogen-bond donors (Lipinski definition) is 1. The van der Waals surface area contributed by atoms with Gasteiger partial charge in [-0.15, -0.1) is 0 Å². The number of hydrogen-bond acceptors (Lipinski definition) is 3. The van der Waals surface area contributed by atoms with Crippen LogP contribution in [0.4, 0.5) is 9.18 Å². The predicted molar refractivity (Wildman–Crippen MR) is 104 cm³/mol. The monoisotopic (exact) mass is 382 g/mol. The Labute approximate surface area is 163 Å². The molecule has 0 bridgehead atoms. The first-order valence-electron chi connectivity index (χ1n) is 9.16. The molecular weight excluding hydrogens is 359 g/mol. The summed E-state index contributed by atoms with van der Waals surface area (Å²) in [6.07, 6.45) is -0.339. The number of halogens is 1. The van der Waals surface area contributed by atoms with Gasteiger partial charge in [0.25, 0.3) is 0 Å². The van der Waals surface area contributed by atoms with Crippen molar-refractivity contribution in [2.24, 2.45) is 0 Å². The van der Waals surface area contributed by atoms with Crippen LogP contribution in [0.25, 0.3) is 0 Å². The molecule has 3 rings (SSSR count). The third-order valence-electron chi connectivity index (χ3n) is 4.56. The number of benzene rings is 2. The van der Waals surface area contributed by atoms with Gasteiger partial charge in [0.05, 0.1) is 24.3 Å². The summed E-state index contributed by atoms with van der Waals surface area (Å²) in [6.45, 7) is 5.47. The first kappa shape index (κ1) is 19.6. The normalized spacial score (nSPS) is 17.0. The number of carbonyl (C=O) groups excluding carboxylic acids is 2. The van der Waals surface area contributed by atoms with E-state index in [0.29, 0.717) is 12.2 Å². The van der Waals surface area contributed by atoms with Gasteiger partial charge in [0.15, 0.2) is 0 Å². The topological polar surface area (TPSA) is 58.6 Å². The standard InChI is InChI=1S/C22H23FN2O3/c1-14(2)28-21(26)19-15(3)25(13-16-9-5-4-6-10-16)22(27)24-20(19)17-11-7-8-12-18(17)23/h4-12,14,20H,13H2,1-3H3,(H,24,27)/t20-/m1/s1. The number of amides is 2. The Kier molecular flexibility index (Phi) is 5.78. The summed E-state index contributed by atoms with van der Waals surface area (Å²) in [5.74, 6) is -1.06. The highest BCUT2D eigenvalue weighted by atomic mass is 19.1. The lowest BCUT2D eigenvalue weighted by Gasteiger charge is -2.35. The second-order valence-electron chi connectivity index (χ2n) is 6.93. The predicted octanol–water partition coefficient (Wildman–Crippen LogP) is 4.32. The van der Waals surface area contributed by atoms with Crippen LogP contribution >= 0.6 is 0 Å². The van der Waals surface area contributed by atoms with Crippen molar-refractivity contribution in [1.82, 2.24) is 10.2 Å². The van der Waals surface area contributed by atoms with Gasteiger partial charge in [0, 0.05) is 11.3 Å². The molecule has 0 fully saturated rings. The van der Waals surface area contributed by atoms with E-state index in [1.54, 1.807) is 39.0 Å². The molecule has 0 aliphatic carbocycles. The Morgan fingerprint density at radius 3 is 2.43 bits per heavy atom. The van der Waals surface area contributed by atoms with Crippen LogP contribution in [0.15, 0.2) is 65.9 Å². The quantitative estimate of drug-likeness (QED) is 0.784. The molecule has 5 nitrogen and oxygen atoms in total. The van der Waals surface area contributed by atoms with E-state index < -0.39 is 23.9 Å². The molecule has 1 heterocycles. The molecule has 2 aromatic carbocycles. The summed E-state index contributed by atoms with van der Waals surface area (Å²) in [5, 5.41) is 2.77. The molecule has 1 N–H and O–H groups in total. The molecule has 1 aliphatic rings. The van der Waals surface area contributed by atoms with E-state index in [9.17, 15) is 14.0 Å². The fraction of sp³-hybridized carbons (Fsp3) is 0.273. The Hall–Kier alpha value is -3.15. The number of allylic oxidation sites excluding steroid dienone is 1. The molecular formula is C22H23FN2O3. The van der Waals surface area contributed by atoms with Crippen LogP contribution in [-0.2, 0) is 16.1 Å². The molecule has 0 spiro atoms. The van der Waals surface area contributed by atoms with Crippen molar-refractivity contribution in [2.75, 3.05) is 0 Å². The Bertz CT molecular complexity index is 909. The van der Waals surface area contributed by atoms with Crippen molar-refractivity contribution in [2.45, 2.75) is 39.5 Å². The molecule has 0 saturated heterocycles. The molecule has 0 saturated carbocycles. The van der Waals surface area contributed by atoms with Crippen molar-refractivity contribution in [3.8, 4) is 0 Å². The van der Waals surface area contributed by atoms with Crippen LogP contribution in [0.1, 0.15) is 37.9 Å². The van der Waals surface area contributed by atoms with Crippen molar-refractivity contribution >= 4 is 12.0 Å². The fourth-order valence-corrected chi connectivity index (χ4v) is 3.22. The van der Waals surface area contributed by atoms with E-state index in [1.807, 2.05) is 30.3 Å². The smallest absolute Gasteiger partial charge is 0.338 e. The van der Waals surface area contributed by atoms with E-state index in [-0.39, 0.29) is 17.2 Å². The number of nitrogens with zero attached hydrogens (tertiary/aromatic N) is 1. The maximum Gasteiger partial charge on any atom is 0.338 e. The summed E-state index contributed by atoms with van der Waals surface area (Å²) in [6, 6.07) is 14.2. The van der Waals surface area contributed by atoms with Crippen LogP contribution in [0, 0.1) is 5.82 Å². The summed E-state index contributed by atoms with van der Waals surface area (Å²) in [4.78, 5) is 27.1. The van der Waals surface area contributed by atoms with Gasteiger partial charge >= 0.3 is 12.0 Å². The fourth-order valence-electron chi connectivity index (χ4n) is 3.22. The van der Waals surface area contributed by atoms with Crippen molar-refractivity contribution in [3.05, 3.63) is 82.8 Å². The maximum absolute atomic E-state index is 14.4. The van der Waals surface area contributed by atoms with Gasteiger partial charge in [-0.25, -0.2) is 14.0 Å². The molecule has 0 aromatic heterocycles. The zero-order chi connectivity index (χ0) is 20.3. The minimum Gasteiger partial charge on any atom is -0.459 e. The van der Waals surface area contributed by atoms with Gasteiger partial charge in [-0.2, -0.15) is 0 Å². The van der Waals surface area contributed by atoms with E-state index in [1.165, 1.54) is 11.0 Å². The number of esters is 1. The van der Waals surface area contributed by atoms with Crippen molar-refractivity contribution in [1.29, 1.82) is 0 Å². The summed E-state index contributed by atoms with van der Waals surface area (Å²) in [5.41, 5.74) is 1.82. The molecule has 2 amide bonds. The lowest BCUT2D eigenvalue weighted by molar-refractivity contribution is -0.143. The minimum absolute atomic E-state index is 0.227. The van der Waals surface area contributed by atoms with Gasteiger partial charge in [0.1, 0.15) is 5.82 Å². The number of rotatable bonds is 5. The largest absolute Gasteiger partial charge is 0.459 e. The van der Waals surface area contributed by atoms with E-state index >= 15 is 0 Å². The molecule has 0 unspecified atom stereocenters. The minimum atomic E-state index is -0.910. The number of urea groups is 1. The number of carbonyl (C=O) groups is 2. The van der Waals surface area contributed by atoms with Crippen LogP contribution in [0.2, 0.25) is 0 Å². The Balaban J connectivity index is 2.06. The van der Waals surface area contributed by atoms with Gasteiger partial charge in [-0.3, -0.25) is 4.90 Å². The lowest BCUT2D eigenvalue weighted by atomic mass is 9.94. The second-order valence-corrected chi connectivity index (χ2v) is 6.93. The SMILES string of the molecule is CC1=C(C(=O)OC(C)C)[C@@H](c2ccccc2F)NC(=O)N1Cc1ccccc1. The third kappa shape index (κ3) is 4.06. The van der Waals surface area contributed by atoms with Gasteiger partial charge in [0.2, 0.25) is 0 Å². The zero-order valence-corrected chi connectivity index (χ0v) is 16.1. The Morgan fingerprint density at radius 1 is 1.14 bits per heavy atom. The molecule has 28 heavy (non-hydrogen) atoms. The molecule has 1 atom stereocenters.